The summed E-state index contributed by atoms with van der Waals surface area (Å²) in [6.07, 6.45) is 4.06. The largest absolute Gasteiger partial charge is 0.473 e. The van der Waals surface area contributed by atoms with Gasteiger partial charge in [0.05, 0.1) is 24.2 Å². The molecule has 0 saturated heterocycles. The molecule has 0 unspecified atom stereocenters. The number of anilines is 2. The molecule has 0 saturated carbocycles. The summed E-state index contributed by atoms with van der Waals surface area (Å²) in [7, 11) is -3.67. The molecule has 0 radical (unpaired) electrons. The summed E-state index contributed by atoms with van der Waals surface area (Å²) in [5.41, 5.74) is 4.97. The predicted molar refractivity (Wildman–Crippen MR) is 142 cm³/mol. The lowest BCUT2D eigenvalue weighted by molar-refractivity contribution is 0.174. The fourth-order valence-electron chi connectivity index (χ4n) is 3.84. The number of imidazole rings is 1. The first kappa shape index (κ1) is 25.2. The Morgan fingerprint density at radius 3 is 2.63 bits per heavy atom. The van der Waals surface area contributed by atoms with E-state index >= 15 is 0 Å². The van der Waals surface area contributed by atoms with E-state index in [4.69, 9.17) is 18.8 Å². The highest BCUT2D eigenvalue weighted by Crippen LogP contribution is 2.38. The van der Waals surface area contributed by atoms with Gasteiger partial charge in [0.1, 0.15) is 0 Å². The number of aromatic amines is 1. The zero-order valence-corrected chi connectivity index (χ0v) is 21.5. The van der Waals surface area contributed by atoms with Crippen molar-refractivity contribution in [2.24, 2.45) is 0 Å². The molecule has 4 heterocycles. The van der Waals surface area contributed by atoms with Crippen LogP contribution in [0.1, 0.15) is 13.8 Å². The maximum Gasteiger partial charge on any atom is 0.261 e. The van der Waals surface area contributed by atoms with Gasteiger partial charge in [-0.05, 0) is 61.4 Å². The molecule has 0 bridgehead atoms. The molecule has 0 atom stereocenters. The highest BCUT2D eigenvalue weighted by molar-refractivity contribution is 7.85. The Morgan fingerprint density at radius 1 is 1.05 bits per heavy atom. The van der Waals surface area contributed by atoms with Gasteiger partial charge in [0, 0.05) is 17.3 Å². The van der Waals surface area contributed by atoms with Crippen LogP contribution in [0, 0.1) is 0 Å². The minimum atomic E-state index is -3.67. The molecule has 38 heavy (non-hydrogen) atoms. The zero-order chi connectivity index (χ0) is 26.9. The molecule has 2 aromatic carbocycles. The molecule has 12 nitrogen and oxygen atoms in total. The van der Waals surface area contributed by atoms with Crippen LogP contribution < -0.4 is 19.5 Å². The lowest BCUT2D eigenvalue weighted by Gasteiger charge is -2.12. The van der Waals surface area contributed by atoms with E-state index in [1.54, 1.807) is 12.5 Å². The summed E-state index contributed by atoms with van der Waals surface area (Å²) in [5, 5.41) is 4.28. The fraction of sp³-hybridized carbons (Fsp3) is 0.200. The van der Waals surface area contributed by atoms with Gasteiger partial charge in [0.25, 0.3) is 10.1 Å². The van der Waals surface area contributed by atoms with Crippen molar-refractivity contribution in [1.29, 1.82) is 0 Å². The number of H-pyrrole nitrogens is 1. The van der Waals surface area contributed by atoms with Crippen LogP contribution in [0.4, 0.5) is 11.6 Å². The van der Waals surface area contributed by atoms with Crippen LogP contribution in [0.25, 0.3) is 33.2 Å². The van der Waals surface area contributed by atoms with Crippen LogP contribution in [0.5, 0.6) is 17.4 Å². The second-order valence-electron chi connectivity index (χ2n) is 8.64. The number of hydrogen-bond acceptors (Lipinski definition) is 10. The van der Waals surface area contributed by atoms with E-state index in [9.17, 15) is 8.42 Å². The Hall–Kier alpha value is -4.49. The average Bonchev–Trinajstić information content (AvgIpc) is 3.51. The molecule has 13 heteroatoms. The molecular weight excluding hydrogens is 512 g/mol. The average molecular weight is 537 g/mol. The number of pyridine rings is 1. The van der Waals surface area contributed by atoms with Gasteiger partial charge in [-0.3, -0.25) is 9.54 Å². The fourth-order valence-corrected chi connectivity index (χ4v) is 3.84. The SMILES string of the molecule is CC(C)Oc1nc(Nc2ccc3nccc(-c4ccc5c(c4)OCO5)c3c2)nc2[nH]cnc12.CS(=O)(=O)O. The molecule has 0 spiro atoms. The second-order valence-corrected chi connectivity index (χ2v) is 10.1. The van der Waals surface area contributed by atoms with E-state index in [1.807, 2.05) is 56.3 Å². The van der Waals surface area contributed by atoms with Crippen LogP contribution in [0.15, 0.2) is 55.0 Å². The van der Waals surface area contributed by atoms with Crippen LogP contribution in [0.2, 0.25) is 0 Å². The van der Waals surface area contributed by atoms with Gasteiger partial charge in [-0.2, -0.15) is 18.4 Å². The summed E-state index contributed by atoms with van der Waals surface area (Å²) < 4.78 is 42.7. The zero-order valence-electron chi connectivity index (χ0n) is 20.7. The minimum absolute atomic E-state index is 0.0383. The normalized spacial score (nSPS) is 12.4. The smallest absolute Gasteiger partial charge is 0.261 e. The topological polar surface area (TPSA) is 161 Å². The number of aromatic nitrogens is 5. The highest BCUT2D eigenvalue weighted by atomic mass is 32.2. The Balaban J connectivity index is 0.000000540. The molecule has 5 aromatic rings. The number of fused-ring (bicyclic) bond motifs is 3. The van der Waals surface area contributed by atoms with Gasteiger partial charge < -0.3 is 24.5 Å². The number of nitrogens with one attached hydrogen (secondary N) is 2. The van der Waals surface area contributed by atoms with Gasteiger partial charge in [-0.25, -0.2) is 4.98 Å². The van der Waals surface area contributed by atoms with Crippen molar-refractivity contribution in [3.63, 3.8) is 0 Å². The summed E-state index contributed by atoms with van der Waals surface area (Å²) in [5.74, 6) is 2.34. The van der Waals surface area contributed by atoms with Gasteiger partial charge in [0.15, 0.2) is 22.7 Å². The monoisotopic (exact) mass is 536 g/mol. The lowest BCUT2D eigenvalue weighted by atomic mass is 10.0. The molecular formula is C25H24N6O6S. The molecule has 6 rings (SSSR count). The number of benzene rings is 2. The van der Waals surface area contributed by atoms with Crippen molar-refractivity contribution in [3.8, 4) is 28.5 Å². The van der Waals surface area contributed by atoms with Crippen LogP contribution >= 0.6 is 0 Å². The van der Waals surface area contributed by atoms with E-state index in [0.29, 0.717) is 29.2 Å². The number of hydrogen-bond donors (Lipinski definition) is 3. The molecule has 3 aromatic heterocycles. The Labute approximate surface area is 217 Å². The maximum absolute atomic E-state index is 9.19. The van der Waals surface area contributed by atoms with Crippen molar-refractivity contribution in [2.75, 3.05) is 18.4 Å². The Morgan fingerprint density at radius 2 is 1.84 bits per heavy atom. The van der Waals surface area contributed by atoms with E-state index in [1.165, 1.54) is 0 Å². The first-order valence-corrected chi connectivity index (χ1v) is 13.3. The number of nitrogens with zero attached hydrogens (tertiary/aromatic N) is 4. The maximum atomic E-state index is 9.19. The van der Waals surface area contributed by atoms with Gasteiger partial charge in [0.2, 0.25) is 18.6 Å². The molecule has 1 aliphatic rings. The number of ether oxygens (including phenoxy) is 3. The van der Waals surface area contributed by atoms with Crippen molar-refractivity contribution < 1.29 is 27.2 Å². The van der Waals surface area contributed by atoms with Crippen molar-refractivity contribution in [2.45, 2.75) is 20.0 Å². The first-order valence-electron chi connectivity index (χ1n) is 11.5. The molecule has 3 N–H and O–H groups in total. The highest BCUT2D eigenvalue weighted by Gasteiger charge is 2.16. The van der Waals surface area contributed by atoms with Gasteiger partial charge in [-0.15, -0.1) is 0 Å². The van der Waals surface area contributed by atoms with E-state index in [0.717, 1.165) is 39.2 Å². The molecule has 0 amide bonds. The van der Waals surface area contributed by atoms with Crippen LogP contribution in [0.3, 0.4) is 0 Å². The second kappa shape index (κ2) is 10.1. The van der Waals surface area contributed by atoms with Crippen molar-refractivity contribution >= 4 is 43.8 Å². The summed E-state index contributed by atoms with van der Waals surface area (Å²) in [6.45, 7) is 4.14. The summed E-state index contributed by atoms with van der Waals surface area (Å²) in [4.78, 5) is 20.9. The molecule has 0 aliphatic carbocycles. The van der Waals surface area contributed by atoms with Gasteiger partial charge >= 0.3 is 0 Å². The van der Waals surface area contributed by atoms with Crippen LogP contribution in [-0.4, -0.2) is 57.0 Å². The third kappa shape index (κ3) is 5.74. The quantitative estimate of drug-likeness (QED) is 0.274. The van der Waals surface area contributed by atoms with E-state index in [2.05, 4.69) is 30.2 Å². The molecule has 1 aliphatic heterocycles. The summed E-state index contributed by atoms with van der Waals surface area (Å²) >= 11 is 0. The molecule has 0 fully saturated rings. The van der Waals surface area contributed by atoms with Crippen molar-refractivity contribution in [3.05, 3.63) is 55.0 Å². The van der Waals surface area contributed by atoms with Crippen LogP contribution in [-0.2, 0) is 10.1 Å². The third-order valence-electron chi connectivity index (χ3n) is 5.28. The first-order chi connectivity index (χ1) is 18.1. The lowest BCUT2D eigenvalue weighted by Crippen LogP contribution is -2.09. The van der Waals surface area contributed by atoms with E-state index in [-0.39, 0.29) is 12.9 Å². The Bertz CT molecular complexity index is 1730. The third-order valence-corrected chi connectivity index (χ3v) is 5.28. The van der Waals surface area contributed by atoms with Gasteiger partial charge in [-0.1, -0.05) is 6.07 Å². The standard InChI is InChI=1S/C24H20N6O3.CH4O3S/c1-13(2)33-23-21-22(27-11-26-21)29-24(30-23)28-15-4-5-18-17(10-15)16(7-8-25-18)14-3-6-19-20(9-14)32-12-31-19;1-5(2,3)4/h3-11,13H,12H2,1-2H3,(H2,26,27,28,29,30);1H3,(H,2,3,4). The minimum Gasteiger partial charge on any atom is -0.473 e. The van der Waals surface area contributed by atoms with E-state index < -0.39 is 10.1 Å². The molecule has 196 valence electrons. The number of rotatable bonds is 5. The summed E-state index contributed by atoms with van der Waals surface area (Å²) in [6, 6.07) is 13.9. The predicted octanol–water partition coefficient (Wildman–Crippen LogP) is 4.33. The van der Waals surface area contributed by atoms with Crippen molar-refractivity contribution in [1.82, 2.24) is 24.9 Å². The Kier molecular flexibility index (Phi) is 6.70.